The molecule has 0 spiro atoms. The van der Waals surface area contributed by atoms with Crippen molar-refractivity contribution in [3.63, 3.8) is 0 Å². The molecule has 1 N–H and O–H groups in total. The van der Waals surface area contributed by atoms with Crippen molar-refractivity contribution in [3.8, 4) is 0 Å². The third-order valence-electron chi connectivity index (χ3n) is 3.43. The Hall–Kier alpha value is -0.860. The largest absolute Gasteiger partial charge is 0.308 e. The highest BCUT2D eigenvalue weighted by atomic mass is 79.9. The van der Waals surface area contributed by atoms with Gasteiger partial charge in [-0.1, -0.05) is 50.1 Å². The van der Waals surface area contributed by atoms with Gasteiger partial charge in [0.15, 0.2) is 0 Å². The average molecular weight is 369 g/mol. The second-order valence-corrected chi connectivity index (χ2v) is 6.25. The highest BCUT2D eigenvalue weighted by Gasteiger charge is 2.13. The molecule has 1 aromatic rings. The zero-order valence-electron chi connectivity index (χ0n) is 12.9. The Morgan fingerprint density at radius 3 is 2.71 bits per heavy atom. The predicted octanol–water partition coefficient (Wildman–Crippen LogP) is 6.66. The van der Waals surface area contributed by atoms with Crippen molar-refractivity contribution >= 4 is 33.7 Å². The van der Waals surface area contributed by atoms with Gasteiger partial charge in [-0.25, -0.2) is 0 Å². The zero-order valence-corrected chi connectivity index (χ0v) is 15.3. The SMILES string of the molecule is CC.CC1/C=C(/C=C(/Br)C=N)CCCc2cc(Cl)ccc21. The van der Waals surface area contributed by atoms with E-state index in [1.165, 1.54) is 22.9 Å². The summed E-state index contributed by atoms with van der Waals surface area (Å²) in [6.45, 7) is 6.21. The maximum atomic E-state index is 7.23. The van der Waals surface area contributed by atoms with Crippen LogP contribution in [0.2, 0.25) is 5.02 Å². The number of hydrogen-bond donors (Lipinski definition) is 1. The third-order valence-corrected chi connectivity index (χ3v) is 4.13. The van der Waals surface area contributed by atoms with Crippen molar-refractivity contribution < 1.29 is 0 Å². The Morgan fingerprint density at radius 1 is 1.33 bits per heavy atom. The molecule has 2 rings (SSSR count). The Morgan fingerprint density at radius 2 is 2.05 bits per heavy atom. The number of nitrogens with one attached hydrogen (secondary N) is 1. The van der Waals surface area contributed by atoms with Crippen molar-refractivity contribution in [1.82, 2.24) is 0 Å². The molecule has 0 aliphatic heterocycles. The van der Waals surface area contributed by atoms with Crippen molar-refractivity contribution in [1.29, 1.82) is 5.41 Å². The number of halogens is 2. The van der Waals surface area contributed by atoms with E-state index in [1.54, 1.807) is 0 Å². The molecule has 3 heteroatoms. The number of benzene rings is 1. The molecule has 0 bridgehead atoms. The molecule has 0 saturated heterocycles. The predicted molar refractivity (Wildman–Crippen MR) is 98.0 cm³/mol. The molecular formula is C18H23BrClN. The van der Waals surface area contributed by atoms with Gasteiger partial charge >= 0.3 is 0 Å². The molecule has 1 nitrogen and oxygen atoms in total. The lowest BCUT2D eigenvalue weighted by molar-refractivity contribution is 0.775. The molecule has 114 valence electrons. The lowest BCUT2D eigenvalue weighted by atomic mass is 9.87. The van der Waals surface area contributed by atoms with Gasteiger partial charge in [0.05, 0.1) is 0 Å². The summed E-state index contributed by atoms with van der Waals surface area (Å²) in [6, 6.07) is 6.20. The van der Waals surface area contributed by atoms with Gasteiger partial charge in [-0.2, -0.15) is 0 Å². The molecule has 1 aliphatic rings. The van der Waals surface area contributed by atoms with Gasteiger partial charge in [0.2, 0.25) is 0 Å². The van der Waals surface area contributed by atoms with Crippen LogP contribution in [-0.4, -0.2) is 6.21 Å². The van der Waals surface area contributed by atoms with E-state index in [4.69, 9.17) is 17.0 Å². The van der Waals surface area contributed by atoms with Crippen molar-refractivity contribution in [2.24, 2.45) is 0 Å². The molecule has 0 radical (unpaired) electrons. The molecule has 1 aromatic carbocycles. The minimum Gasteiger partial charge on any atom is -0.308 e. The molecule has 0 fully saturated rings. The van der Waals surface area contributed by atoms with E-state index < -0.39 is 0 Å². The van der Waals surface area contributed by atoms with Gasteiger partial charge in [0.25, 0.3) is 0 Å². The van der Waals surface area contributed by atoms with E-state index >= 15 is 0 Å². The first-order valence-electron chi connectivity index (χ1n) is 7.47. The standard InChI is InChI=1S/C16H17BrClN.C2H6/c1-11-7-12(8-14(17)10-19)3-2-4-13-9-15(18)5-6-16(11)13;1-2/h5-11,19H,2-4H2,1H3;1-2H3/b12-7+,14-8+,19-10?;. The van der Waals surface area contributed by atoms with Gasteiger partial charge in [0, 0.05) is 15.7 Å². The normalized spacial score (nSPS) is 20.9. The summed E-state index contributed by atoms with van der Waals surface area (Å²) in [6.07, 6.45) is 8.88. The van der Waals surface area contributed by atoms with E-state index in [2.05, 4.69) is 41.1 Å². The van der Waals surface area contributed by atoms with Gasteiger partial charge in [-0.05, 0) is 70.4 Å². The fourth-order valence-corrected chi connectivity index (χ4v) is 3.04. The maximum Gasteiger partial charge on any atom is 0.0408 e. The van der Waals surface area contributed by atoms with Crippen LogP contribution in [0.4, 0.5) is 0 Å². The number of allylic oxidation sites excluding steroid dienone is 4. The number of fused-ring (bicyclic) bond motifs is 1. The van der Waals surface area contributed by atoms with Crippen LogP contribution in [0.5, 0.6) is 0 Å². The van der Waals surface area contributed by atoms with Gasteiger partial charge in [-0.15, -0.1) is 0 Å². The molecule has 0 heterocycles. The lowest BCUT2D eigenvalue weighted by Gasteiger charge is -2.18. The zero-order chi connectivity index (χ0) is 15.8. The second-order valence-electron chi connectivity index (χ2n) is 4.90. The monoisotopic (exact) mass is 367 g/mol. The van der Waals surface area contributed by atoms with Gasteiger partial charge in [-0.3, -0.25) is 0 Å². The van der Waals surface area contributed by atoms with E-state index in [0.29, 0.717) is 5.92 Å². The summed E-state index contributed by atoms with van der Waals surface area (Å²) >= 11 is 9.46. The topological polar surface area (TPSA) is 23.9 Å². The molecule has 1 unspecified atom stereocenters. The Bertz CT molecular complexity index is 546. The minimum absolute atomic E-state index is 0.379. The highest BCUT2D eigenvalue weighted by molar-refractivity contribution is 9.12. The summed E-state index contributed by atoms with van der Waals surface area (Å²) in [4.78, 5) is 0. The van der Waals surface area contributed by atoms with Crippen LogP contribution in [0.1, 0.15) is 50.7 Å². The first-order chi connectivity index (χ1) is 10.1. The van der Waals surface area contributed by atoms with Crippen molar-refractivity contribution in [2.75, 3.05) is 0 Å². The van der Waals surface area contributed by atoms with Crippen LogP contribution >= 0.6 is 27.5 Å². The molecular weight excluding hydrogens is 346 g/mol. The quantitative estimate of drug-likeness (QED) is 0.564. The van der Waals surface area contributed by atoms with Crippen LogP contribution in [-0.2, 0) is 6.42 Å². The van der Waals surface area contributed by atoms with Crippen LogP contribution in [0, 0.1) is 5.41 Å². The first kappa shape index (κ1) is 18.2. The summed E-state index contributed by atoms with van der Waals surface area (Å²) in [5.74, 6) is 0.379. The fourth-order valence-electron chi connectivity index (χ4n) is 2.55. The van der Waals surface area contributed by atoms with E-state index in [9.17, 15) is 0 Å². The average Bonchev–Trinajstić information content (AvgIpc) is 2.47. The number of hydrogen-bond acceptors (Lipinski definition) is 1. The summed E-state index contributed by atoms with van der Waals surface area (Å²) in [5.41, 5.74) is 4.02. The molecule has 1 atom stereocenters. The Labute approximate surface area is 141 Å². The second kappa shape index (κ2) is 9.22. The van der Waals surface area contributed by atoms with Crippen LogP contribution in [0.15, 0.2) is 40.4 Å². The Kier molecular flexibility index (Phi) is 7.98. The molecule has 0 aromatic heterocycles. The summed E-state index contributed by atoms with van der Waals surface area (Å²) < 4.78 is 0.822. The number of aryl methyl sites for hydroxylation is 1. The van der Waals surface area contributed by atoms with Crippen LogP contribution in [0.25, 0.3) is 0 Å². The molecule has 1 aliphatic carbocycles. The van der Waals surface area contributed by atoms with Gasteiger partial charge < -0.3 is 5.41 Å². The lowest BCUT2D eigenvalue weighted by Crippen LogP contribution is -2.02. The molecule has 0 amide bonds. The summed E-state index contributed by atoms with van der Waals surface area (Å²) in [7, 11) is 0. The Balaban J connectivity index is 0.00000106. The highest BCUT2D eigenvalue weighted by Crippen LogP contribution is 2.30. The van der Waals surface area contributed by atoms with Crippen LogP contribution < -0.4 is 0 Å². The van der Waals surface area contributed by atoms with E-state index in [-0.39, 0.29) is 0 Å². The smallest absolute Gasteiger partial charge is 0.0408 e. The summed E-state index contributed by atoms with van der Waals surface area (Å²) in [5, 5.41) is 8.06. The van der Waals surface area contributed by atoms with Crippen LogP contribution in [0.3, 0.4) is 0 Å². The third kappa shape index (κ3) is 5.44. The van der Waals surface area contributed by atoms with E-state index in [1.807, 2.05) is 26.0 Å². The molecule has 0 saturated carbocycles. The molecule has 21 heavy (non-hydrogen) atoms. The first-order valence-corrected chi connectivity index (χ1v) is 8.64. The van der Waals surface area contributed by atoms with Gasteiger partial charge in [0.1, 0.15) is 0 Å². The maximum absolute atomic E-state index is 7.23. The van der Waals surface area contributed by atoms with Crippen molar-refractivity contribution in [3.05, 3.63) is 56.6 Å². The minimum atomic E-state index is 0.379. The number of rotatable bonds is 2. The van der Waals surface area contributed by atoms with E-state index in [0.717, 1.165) is 28.8 Å². The fraction of sp³-hybridized carbons (Fsp3) is 0.389. The van der Waals surface area contributed by atoms with Crippen molar-refractivity contribution in [2.45, 2.75) is 46.0 Å².